The lowest BCUT2D eigenvalue weighted by molar-refractivity contribution is 0.0540. The third-order valence-electron chi connectivity index (χ3n) is 11.7. The second-order valence-electron chi connectivity index (χ2n) is 17.4. The molecule has 0 radical (unpaired) electrons. The van der Waals surface area contributed by atoms with Crippen LogP contribution in [0.1, 0.15) is 80.4 Å². The van der Waals surface area contributed by atoms with Crippen molar-refractivity contribution < 1.29 is 66.5 Å². The average Bonchev–Trinajstić information content (AvgIpc) is 3.50. The first-order chi connectivity index (χ1) is 39.1. The van der Waals surface area contributed by atoms with Crippen molar-refractivity contribution in [2.24, 2.45) is 0 Å². The number of carbonyl (C=O) groups excluding carboxylic acids is 4. The fourth-order valence-corrected chi connectivity index (χ4v) is 8.05. The van der Waals surface area contributed by atoms with Crippen molar-refractivity contribution in [3.63, 3.8) is 0 Å². The average molecular weight is 1140 g/mol. The van der Waals surface area contributed by atoms with Crippen LogP contribution in [0.15, 0.2) is 202 Å². The number of carbonyl (C=O) groups is 4. The summed E-state index contributed by atoms with van der Waals surface area (Å²) >= 11 is 3.64. The maximum atomic E-state index is 12.5. The Labute approximate surface area is 473 Å². The molecule has 14 nitrogen and oxygen atoms in total. The van der Waals surface area contributed by atoms with Crippen molar-refractivity contribution in [1.82, 2.24) is 0 Å². The zero-order valence-corrected chi connectivity index (χ0v) is 45.5. The highest BCUT2D eigenvalue weighted by molar-refractivity contribution is 9.08. The Morgan fingerprint density at radius 2 is 0.575 bits per heavy atom. The van der Waals surface area contributed by atoms with Crippen molar-refractivity contribution in [3.8, 4) is 34.5 Å². The van der Waals surface area contributed by atoms with Crippen LogP contribution in [0.4, 0.5) is 0 Å². The number of hydrogen-bond donors (Lipinski definition) is 0. The maximum Gasteiger partial charge on any atom is 0.338 e. The van der Waals surface area contributed by atoms with E-state index in [1.807, 2.05) is 42.5 Å². The molecule has 0 saturated carbocycles. The van der Waals surface area contributed by atoms with Crippen LogP contribution >= 0.6 is 15.9 Å². The quantitative estimate of drug-likeness (QED) is 0.0175. The van der Waals surface area contributed by atoms with Crippen LogP contribution in [0.2, 0.25) is 0 Å². The molecule has 410 valence electrons. The molecule has 0 unspecified atom stereocenters. The minimum Gasteiger partial charge on any atom is -0.485 e. The van der Waals surface area contributed by atoms with Crippen molar-refractivity contribution in [2.75, 3.05) is 26.4 Å². The largest absolute Gasteiger partial charge is 0.485 e. The van der Waals surface area contributed by atoms with E-state index in [9.17, 15) is 19.2 Å². The van der Waals surface area contributed by atoms with Gasteiger partial charge in [-0.3, -0.25) is 0 Å². The number of halogens is 1. The lowest BCUT2D eigenvalue weighted by atomic mass is 10.1. The van der Waals surface area contributed by atoms with Gasteiger partial charge >= 0.3 is 23.9 Å². The summed E-state index contributed by atoms with van der Waals surface area (Å²) in [5, 5.41) is 0.438. The van der Waals surface area contributed by atoms with E-state index in [-0.39, 0.29) is 66.1 Å². The summed E-state index contributed by atoms with van der Waals surface area (Å²) in [6.07, 6.45) is 6.03. The fourth-order valence-electron chi connectivity index (χ4n) is 7.61. The molecule has 0 aliphatic carbocycles. The zero-order valence-electron chi connectivity index (χ0n) is 43.9. The fraction of sp³-hybridized carbons (Fsp3) is 0.169. The Bertz CT molecular complexity index is 3240. The van der Waals surface area contributed by atoms with Crippen LogP contribution in [0.25, 0.3) is 0 Å². The van der Waals surface area contributed by atoms with Gasteiger partial charge < -0.3 is 47.4 Å². The molecular formula is C65H59BrO14. The highest BCUT2D eigenvalue weighted by Crippen LogP contribution is 2.39. The third kappa shape index (κ3) is 16.8. The summed E-state index contributed by atoms with van der Waals surface area (Å²) in [7, 11) is 0. The van der Waals surface area contributed by atoms with Crippen LogP contribution in [0, 0.1) is 0 Å². The number of esters is 4. The van der Waals surface area contributed by atoms with Crippen LogP contribution in [0.5, 0.6) is 34.5 Å². The van der Waals surface area contributed by atoms with Gasteiger partial charge in [0.25, 0.3) is 0 Å². The van der Waals surface area contributed by atoms with E-state index in [0.717, 1.165) is 27.8 Å². The summed E-state index contributed by atoms with van der Waals surface area (Å²) < 4.78 is 59.9. The second-order valence-corrected chi connectivity index (χ2v) is 18.0. The molecule has 0 heterocycles. The summed E-state index contributed by atoms with van der Waals surface area (Å²) in [6.45, 7) is 15.4. The molecule has 0 aliphatic heterocycles. The van der Waals surface area contributed by atoms with Gasteiger partial charge in [0.05, 0.1) is 22.3 Å². The lowest BCUT2D eigenvalue weighted by Crippen LogP contribution is -2.08. The minimum absolute atomic E-state index is 0.0297. The van der Waals surface area contributed by atoms with Gasteiger partial charge in [-0.15, -0.1) is 0 Å². The van der Waals surface area contributed by atoms with E-state index < -0.39 is 23.9 Å². The number of benzene rings is 7. The first-order valence-electron chi connectivity index (χ1n) is 25.3. The van der Waals surface area contributed by atoms with Crippen molar-refractivity contribution in [1.29, 1.82) is 0 Å². The normalized spacial score (nSPS) is 10.5. The molecule has 15 heteroatoms. The number of hydrogen-bond acceptors (Lipinski definition) is 14. The van der Waals surface area contributed by atoms with E-state index in [2.05, 4.69) is 42.2 Å². The minimum atomic E-state index is -0.467. The predicted molar refractivity (Wildman–Crippen MR) is 306 cm³/mol. The molecule has 0 spiro atoms. The summed E-state index contributed by atoms with van der Waals surface area (Å²) in [6, 6.07) is 44.3. The Balaban J connectivity index is 1.12. The van der Waals surface area contributed by atoms with Crippen molar-refractivity contribution in [2.45, 2.75) is 45.0 Å². The van der Waals surface area contributed by atoms with E-state index in [1.165, 1.54) is 24.3 Å². The third-order valence-corrected chi connectivity index (χ3v) is 12.3. The summed E-state index contributed by atoms with van der Waals surface area (Å²) in [5.74, 6) is 0.798. The van der Waals surface area contributed by atoms with Gasteiger partial charge in [0, 0.05) is 22.0 Å². The molecule has 7 aromatic carbocycles. The van der Waals surface area contributed by atoms with Gasteiger partial charge in [-0.1, -0.05) is 151 Å². The predicted octanol–water partition coefficient (Wildman–Crippen LogP) is 13.4. The Kier molecular flexibility index (Phi) is 22.3. The molecule has 80 heavy (non-hydrogen) atoms. The Hall–Kier alpha value is -9.34. The Morgan fingerprint density at radius 3 is 0.875 bits per heavy atom. The monoisotopic (exact) mass is 1140 g/mol. The molecule has 0 bridgehead atoms. The van der Waals surface area contributed by atoms with Gasteiger partial charge in [0.2, 0.25) is 0 Å². The topological polar surface area (TPSA) is 161 Å². The number of para-hydroxylation sites is 3. The molecule has 0 aromatic heterocycles. The van der Waals surface area contributed by atoms with Gasteiger partial charge in [0.15, 0.2) is 34.5 Å². The molecule has 0 amide bonds. The second kappa shape index (κ2) is 30.6. The highest BCUT2D eigenvalue weighted by atomic mass is 79.9. The number of ether oxygens (including phenoxy) is 10. The van der Waals surface area contributed by atoms with Gasteiger partial charge in [-0.2, -0.15) is 0 Å². The van der Waals surface area contributed by atoms with E-state index in [1.54, 1.807) is 109 Å². The van der Waals surface area contributed by atoms with Crippen molar-refractivity contribution in [3.05, 3.63) is 263 Å². The molecule has 0 fully saturated rings. The Morgan fingerprint density at radius 1 is 0.325 bits per heavy atom. The molecule has 0 saturated heterocycles. The van der Waals surface area contributed by atoms with Gasteiger partial charge in [0.1, 0.15) is 66.1 Å². The SMILES string of the molecule is C=CCOC(=O)c1ccc(COc2cccc(COc3cccc(CBr)c3OCc3cccc(OCc4ccc(C(=O)OCC=C)cc4)c3OCc3ccc(C(=O)OCC=C)cc3)c2OCc2ccc(C(=O)OCC=C)cc2)cc1. The van der Waals surface area contributed by atoms with Crippen LogP contribution in [-0.4, -0.2) is 50.3 Å². The van der Waals surface area contributed by atoms with E-state index in [0.29, 0.717) is 73.2 Å². The van der Waals surface area contributed by atoms with Crippen molar-refractivity contribution >= 4 is 39.8 Å². The first-order valence-corrected chi connectivity index (χ1v) is 26.4. The molecule has 0 N–H and O–H groups in total. The van der Waals surface area contributed by atoms with Crippen LogP contribution in [-0.2, 0) is 63.9 Å². The molecule has 0 atom stereocenters. The first kappa shape index (κ1) is 58.3. The summed E-state index contributed by atoms with van der Waals surface area (Å²) in [5.41, 5.74) is 6.84. The van der Waals surface area contributed by atoms with Gasteiger partial charge in [-0.05, 0) is 89.0 Å². The number of alkyl halides is 1. The number of rotatable bonds is 31. The van der Waals surface area contributed by atoms with Crippen LogP contribution in [0.3, 0.4) is 0 Å². The van der Waals surface area contributed by atoms with E-state index in [4.69, 9.17) is 47.4 Å². The standard InChI is InChI=1S/C65H59BrO14/c1-5-34-71-62(67)49-26-18-45(19-27-49)39-75-57-16-10-13-54(60(57)78-41-47-22-30-51(31-23-47)64(69)73-36-7-3)43-77-56-15-9-12-53(38-66)59(56)80-44-55-14-11-17-58(76-40-46-20-28-50(29-21-46)63(68)72-35-6-2)61(55)79-42-48-24-32-52(33-25-48)65(70)74-37-8-4/h5-33H,1-4,34-44H2. The smallest absolute Gasteiger partial charge is 0.338 e. The van der Waals surface area contributed by atoms with Gasteiger partial charge in [-0.25, -0.2) is 19.2 Å². The van der Waals surface area contributed by atoms with E-state index >= 15 is 0 Å². The lowest BCUT2D eigenvalue weighted by Gasteiger charge is -2.20. The molecule has 0 aliphatic rings. The zero-order chi connectivity index (χ0) is 56.5. The molecule has 7 aromatic rings. The van der Waals surface area contributed by atoms with Crippen LogP contribution < -0.4 is 28.4 Å². The highest BCUT2D eigenvalue weighted by Gasteiger charge is 2.20. The molecular weight excluding hydrogens is 1080 g/mol. The maximum absolute atomic E-state index is 12.5. The molecule has 7 rings (SSSR count). The summed E-state index contributed by atoms with van der Waals surface area (Å²) in [4.78, 5) is 49.8.